The molecule has 0 fully saturated rings. The first kappa shape index (κ1) is 10.9. The van der Waals surface area contributed by atoms with Crippen molar-refractivity contribution in [3.63, 3.8) is 0 Å². The maximum atomic E-state index is 9.13. The maximum Gasteiger partial charge on any atom is 0.167 e. The Kier molecular flexibility index (Phi) is 4.65. The minimum atomic E-state index is -0.681. The molecule has 0 aromatic rings. The Hall–Kier alpha value is -0.120. The van der Waals surface area contributed by atoms with E-state index in [0.29, 0.717) is 13.2 Å². The molecule has 0 spiro atoms. The molecule has 0 radical (unpaired) electrons. The zero-order valence-corrected chi connectivity index (χ0v) is 7.85. The van der Waals surface area contributed by atoms with Gasteiger partial charge in [0.25, 0.3) is 0 Å². The zero-order valence-electron chi connectivity index (χ0n) is 7.85. The highest BCUT2D eigenvalue weighted by Crippen LogP contribution is 1.98. The number of β-amino-alcohol motifs (C(OH)–C–C–N with tert-alkyl or cyclic N) is 1. The molecule has 11 heavy (non-hydrogen) atoms. The van der Waals surface area contributed by atoms with Crippen LogP contribution in [0.3, 0.4) is 0 Å². The Balaban J connectivity index is 3.38. The third-order valence-electron chi connectivity index (χ3n) is 1.17. The summed E-state index contributed by atoms with van der Waals surface area (Å²) in [6.45, 7) is 9.04. The van der Waals surface area contributed by atoms with Gasteiger partial charge in [-0.3, -0.25) is 0 Å². The highest BCUT2D eigenvalue weighted by molar-refractivity contribution is 4.70. The van der Waals surface area contributed by atoms with E-state index in [1.54, 1.807) is 0 Å². The fourth-order valence-electron chi connectivity index (χ4n) is 0.645. The van der Waals surface area contributed by atoms with Crippen molar-refractivity contribution in [1.82, 2.24) is 5.32 Å². The summed E-state index contributed by atoms with van der Waals surface area (Å²) in [6.07, 6.45) is -0.681. The fraction of sp³-hybridized carbons (Fsp3) is 1.00. The van der Waals surface area contributed by atoms with Crippen molar-refractivity contribution in [2.45, 2.75) is 39.5 Å². The number of hydrogen-bond donors (Lipinski definition) is 2. The van der Waals surface area contributed by atoms with Crippen LogP contribution >= 0.6 is 0 Å². The first-order valence-electron chi connectivity index (χ1n) is 4.00. The van der Waals surface area contributed by atoms with Crippen molar-refractivity contribution >= 4 is 0 Å². The predicted molar refractivity (Wildman–Crippen MR) is 45.4 cm³/mol. The Morgan fingerprint density at radius 3 is 2.36 bits per heavy atom. The summed E-state index contributed by atoms with van der Waals surface area (Å²) in [7, 11) is 0. The van der Waals surface area contributed by atoms with Gasteiger partial charge in [-0.05, 0) is 27.7 Å². The van der Waals surface area contributed by atoms with E-state index in [0.717, 1.165) is 0 Å². The molecule has 0 amide bonds. The predicted octanol–water partition coefficient (Wildman–Crippen LogP) is 0.729. The molecule has 2 N–H and O–H groups in total. The van der Waals surface area contributed by atoms with Gasteiger partial charge in [0, 0.05) is 18.7 Å². The van der Waals surface area contributed by atoms with Gasteiger partial charge < -0.3 is 15.2 Å². The molecule has 0 heterocycles. The highest BCUT2D eigenvalue weighted by Gasteiger charge is 2.11. The SMILES string of the molecule is CCOC(O)CNC(C)(C)C. The lowest BCUT2D eigenvalue weighted by molar-refractivity contribution is -0.0937. The number of aliphatic hydroxyl groups is 1. The van der Waals surface area contributed by atoms with Gasteiger partial charge in [0.05, 0.1) is 0 Å². The largest absolute Gasteiger partial charge is 0.367 e. The number of rotatable bonds is 4. The van der Waals surface area contributed by atoms with Crippen LogP contribution in [0, 0.1) is 0 Å². The molecule has 1 unspecified atom stereocenters. The first-order valence-corrected chi connectivity index (χ1v) is 4.00. The summed E-state index contributed by atoms with van der Waals surface area (Å²) in [4.78, 5) is 0. The smallest absolute Gasteiger partial charge is 0.167 e. The van der Waals surface area contributed by atoms with Gasteiger partial charge in [-0.2, -0.15) is 0 Å². The minimum Gasteiger partial charge on any atom is -0.367 e. The third kappa shape index (κ3) is 7.78. The molecule has 0 bridgehead atoms. The van der Waals surface area contributed by atoms with E-state index in [1.165, 1.54) is 0 Å². The fourth-order valence-corrected chi connectivity index (χ4v) is 0.645. The van der Waals surface area contributed by atoms with E-state index in [2.05, 4.69) is 5.32 Å². The van der Waals surface area contributed by atoms with Gasteiger partial charge in [0.2, 0.25) is 0 Å². The summed E-state index contributed by atoms with van der Waals surface area (Å²) in [5, 5.41) is 12.3. The van der Waals surface area contributed by atoms with Crippen molar-refractivity contribution in [2.24, 2.45) is 0 Å². The average molecular weight is 161 g/mol. The average Bonchev–Trinajstić information content (AvgIpc) is 1.83. The van der Waals surface area contributed by atoms with Crippen molar-refractivity contribution in [3.8, 4) is 0 Å². The lowest BCUT2D eigenvalue weighted by Gasteiger charge is -2.22. The van der Waals surface area contributed by atoms with E-state index in [-0.39, 0.29) is 5.54 Å². The van der Waals surface area contributed by atoms with E-state index < -0.39 is 6.29 Å². The van der Waals surface area contributed by atoms with Gasteiger partial charge >= 0.3 is 0 Å². The lowest BCUT2D eigenvalue weighted by atomic mass is 10.1. The second-order valence-corrected chi connectivity index (χ2v) is 3.54. The number of aliphatic hydroxyl groups excluding tert-OH is 1. The van der Waals surface area contributed by atoms with Crippen LogP contribution in [0.2, 0.25) is 0 Å². The Morgan fingerprint density at radius 2 is 2.00 bits per heavy atom. The van der Waals surface area contributed by atoms with Gasteiger partial charge in [0.15, 0.2) is 6.29 Å². The molecular weight excluding hydrogens is 142 g/mol. The van der Waals surface area contributed by atoms with Crippen LogP contribution in [0.15, 0.2) is 0 Å². The van der Waals surface area contributed by atoms with E-state index >= 15 is 0 Å². The summed E-state index contributed by atoms with van der Waals surface area (Å²) < 4.78 is 4.93. The molecule has 0 rings (SSSR count). The Bertz CT molecular complexity index is 98.8. The molecule has 0 aromatic carbocycles. The van der Waals surface area contributed by atoms with Crippen LogP contribution in [0.1, 0.15) is 27.7 Å². The normalized spacial score (nSPS) is 15.0. The molecule has 0 aliphatic carbocycles. The second-order valence-electron chi connectivity index (χ2n) is 3.54. The number of ether oxygens (including phenoxy) is 1. The van der Waals surface area contributed by atoms with Crippen molar-refractivity contribution < 1.29 is 9.84 Å². The second kappa shape index (κ2) is 4.70. The van der Waals surface area contributed by atoms with Crippen LogP contribution < -0.4 is 5.32 Å². The van der Waals surface area contributed by atoms with Crippen LogP contribution in [0.25, 0.3) is 0 Å². The summed E-state index contributed by atoms with van der Waals surface area (Å²) in [6, 6.07) is 0. The molecule has 3 nitrogen and oxygen atoms in total. The minimum absolute atomic E-state index is 0.0398. The topological polar surface area (TPSA) is 41.5 Å². The molecule has 0 aliphatic rings. The quantitative estimate of drug-likeness (QED) is 0.597. The zero-order chi connectivity index (χ0) is 8.91. The van der Waals surface area contributed by atoms with Gasteiger partial charge in [0.1, 0.15) is 0 Å². The first-order chi connectivity index (χ1) is 4.95. The standard InChI is InChI=1S/C8H19NO2/c1-5-11-7(10)6-9-8(2,3)4/h7,9-10H,5-6H2,1-4H3. The van der Waals surface area contributed by atoms with Crippen LogP contribution in [-0.2, 0) is 4.74 Å². The van der Waals surface area contributed by atoms with Crippen molar-refractivity contribution in [2.75, 3.05) is 13.2 Å². The maximum absolute atomic E-state index is 9.13. The molecule has 0 aliphatic heterocycles. The lowest BCUT2D eigenvalue weighted by Crippen LogP contribution is -2.41. The highest BCUT2D eigenvalue weighted by atomic mass is 16.6. The van der Waals surface area contributed by atoms with E-state index in [9.17, 15) is 0 Å². The van der Waals surface area contributed by atoms with Crippen LogP contribution in [0.4, 0.5) is 0 Å². The third-order valence-corrected chi connectivity index (χ3v) is 1.17. The Labute approximate surface area is 68.8 Å². The molecule has 3 heteroatoms. The number of nitrogens with one attached hydrogen (secondary N) is 1. The van der Waals surface area contributed by atoms with E-state index in [4.69, 9.17) is 9.84 Å². The summed E-state index contributed by atoms with van der Waals surface area (Å²) in [5.74, 6) is 0. The summed E-state index contributed by atoms with van der Waals surface area (Å²) in [5.41, 5.74) is 0.0398. The molecule has 0 saturated heterocycles. The van der Waals surface area contributed by atoms with Gasteiger partial charge in [-0.25, -0.2) is 0 Å². The molecule has 1 atom stereocenters. The van der Waals surface area contributed by atoms with E-state index in [1.807, 2.05) is 27.7 Å². The molecular formula is C8H19NO2. The number of hydrogen-bond acceptors (Lipinski definition) is 3. The van der Waals surface area contributed by atoms with Crippen LogP contribution in [-0.4, -0.2) is 30.1 Å². The Morgan fingerprint density at radius 1 is 1.45 bits per heavy atom. The molecule has 0 saturated carbocycles. The van der Waals surface area contributed by atoms with Gasteiger partial charge in [-0.1, -0.05) is 0 Å². The van der Waals surface area contributed by atoms with Gasteiger partial charge in [-0.15, -0.1) is 0 Å². The van der Waals surface area contributed by atoms with Crippen LogP contribution in [0.5, 0.6) is 0 Å². The summed E-state index contributed by atoms with van der Waals surface area (Å²) >= 11 is 0. The monoisotopic (exact) mass is 161 g/mol. The van der Waals surface area contributed by atoms with Crippen molar-refractivity contribution in [3.05, 3.63) is 0 Å². The molecule has 0 aromatic heterocycles. The molecule has 68 valence electrons. The van der Waals surface area contributed by atoms with Crippen molar-refractivity contribution in [1.29, 1.82) is 0 Å².